The minimum absolute atomic E-state index is 0.0643. The van der Waals surface area contributed by atoms with Crippen LogP contribution in [0.15, 0.2) is 42.5 Å². The van der Waals surface area contributed by atoms with Crippen molar-refractivity contribution in [3.05, 3.63) is 48.0 Å². The van der Waals surface area contributed by atoms with Gasteiger partial charge >= 0.3 is 0 Å². The second kappa shape index (κ2) is 4.66. The summed E-state index contributed by atoms with van der Waals surface area (Å²) in [4.78, 5) is 0. The van der Waals surface area contributed by atoms with Gasteiger partial charge in [0.2, 0.25) is 0 Å². The summed E-state index contributed by atoms with van der Waals surface area (Å²) in [5.74, 6) is 0.383. The molecule has 1 aromatic carbocycles. The lowest BCUT2D eigenvalue weighted by Gasteiger charge is -2.44. The fourth-order valence-electron chi connectivity index (χ4n) is 2.88. The summed E-state index contributed by atoms with van der Waals surface area (Å²) in [5, 5.41) is 10.2. The molecule has 0 spiro atoms. The lowest BCUT2D eigenvalue weighted by Crippen LogP contribution is -2.42. The van der Waals surface area contributed by atoms with Gasteiger partial charge in [0, 0.05) is 0 Å². The molecule has 1 aliphatic rings. The molecule has 1 N–H and O–H groups in total. The summed E-state index contributed by atoms with van der Waals surface area (Å²) in [6.45, 7) is 8.54. The Bertz CT molecular complexity index is 391. The van der Waals surface area contributed by atoms with Gasteiger partial charge in [0.05, 0.1) is 6.10 Å². The molecule has 0 bridgehead atoms. The summed E-state index contributed by atoms with van der Waals surface area (Å²) in [5.41, 5.74) is 2.57. The first-order valence-electron chi connectivity index (χ1n) is 6.41. The SMILES string of the molecule is C=C1CC[C@@H](O)C(C)(C)[C@H]1Cc1ccccc1. The molecule has 1 aliphatic carbocycles. The molecular formula is C16H22O. The van der Waals surface area contributed by atoms with Gasteiger partial charge in [0.25, 0.3) is 0 Å². The molecule has 92 valence electrons. The van der Waals surface area contributed by atoms with Crippen LogP contribution in [0.2, 0.25) is 0 Å². The molecule has 0 aromatic heterocycles. The van der Waals surface area contributed by atoms with E-state index in [1.165, 1.54) is 11.1 Å². The quantitative estimate of drug-likeness (QED) is 0.770. The average Bonchev–Trinajstić information content (AvgIpc) is 2.32. The molecular weight excluding hydrogens is 208 g/mol. The first kappa shape index (κ1) is 12.4. The molecule has 1 heteroatoms. The van der Waals surface area contributed by atoms with Gasteiger partial charge in [0.15, 0.2) is 0 Å². The van der Waals surface area contributed by atoms with E-state index in [0.717, 1.165) is 19.3 Å². The summed E-state index contributed by atoms with van der Waals surface area (Å²) < 4.78 is 0. The molecule has 2 atom stereocenters. The van der Waals surface area contributed by atoms with Crippen LogP contribution in [-0.4, -0.2) is 11.2 Å². The molecule has 1 fully saturated rings. The van der Waals surface area contributed by atoms with E-state index in [2.05, 4.69) is 44.7 Å². The fraction of sp³-hybridized carbons (Fsp3) is 0.500. The van der Waals surface area contributed by atoms with Gasteiger partial charge < -0.3 is 5.11 Å². The average molecular weight is 230 g/mol. The van der Waals surface area contributed by atoms with Gasteiger partial charge in [-0.1, -0.05) is 56.3 Å². The van der Waals surface area contributed by atoms with Crippen LogP contribution in [0, 0.1) is 11.3 Å². The zero-order valence-electron chi connectivity index (χ0n) is 10.8. The predicted octanol–water partition coefficient (Wildman–Crippen LogP) is 3.58. The lowest BCUT2D eigenvalue weighted by atomic mass is 9.63. The van der Waals surface area contributed by atoms with Crippen molar-refractivity contribution >= 4 is 0 Å². The number of allylic oxidation sites excluding steroid dienone is 1. The van der Waals surface area contributed by atoms with Crippen LogP contribution in [0.1, 0.15) is 32.3 Å². The molecule has 1 aromatic rings. The maximum Gasteiger partial charge on any atom is 0.0600 e. The highest BCUT2D eigenvalue weighted by Crippen LogP contribution is 2.44. The third-order valence-corrected chi connectivity index (χ3v) is 4.27. The highest BCUT2D eigenvalue weighted by atomic mass is 16.3. The Balaban J connectivity index is 2.20. The first-order valence-corrected chi connectivity index (χ1v) is 6.41. The number of aliphatic hydroxyl groups is 1. The van der Waals surface area contributed by atoms with Crippen molar-refractivity contribution in [3.63, 3.8) is 0 Å². The van der Waals surface area contributed by atoms with E-state index in [1.54, 1.807) is 0 Å². The van der Waals surface area contributed by atoms with E-state index in [9.17, 15) is 5.11 Å². The maximum absolute atomic E-state index is 10.2. The van der Waals surface area contributed by atoms with Gasteiger partial charge in [-0.25, -0.2) is 0 Å². The third kappa shape index (κ3) is 2.44. The van der Waals surface area contributed by atoms with E-state index in [1.807, 2.05) is 6.07 Å². The fourth-order valence-corrected chi connectivity index (χ4v) is 2.88. The Morgan fingerprint density at radius 1 is 1.29 bits per heavy atom. The van der Waals surface area contributed by atoms with E-state index in [-0.39, 0.29) is 11.5 Å². The zero-order valence-corrected chi connectivity index (χ0v) is 10.8. The number of rotatable bonds is 2. The summed E-state index contributed by atoms with van der Waals surface area (Å²) >= 11 is 0. The smallest absolute Gasteiger partial charge is 0.0600 e. The van der Waals surface area contributed by atoms with Gasteiger partial charge in [0.1, 0.15) is 0 Å². The van der Waals surface area contributed by atoms with Crippen LogP contribution in [0.25, 0.3) is 0 Å². The molecule has 2 rings (SSSR count). The predicted molar refractivity (Wildman–Crippen MR) is 71.8 cm³/mol. The van der Waals surface area contributed by atoms with Crippen LogP contribution >= 0.6 is 0 Å². The Morgan fingerprint density at radius 2 is 1.94 bits per heavy atom. The van der Waals surface area contributed by atoms with E-state index >= 15 is 0 Å². The summed E-state index contributed by atoms with van der Waals surface area (Å²) in [6.07, 6.45) is 2.60. The van der Waals surface area contributed by atoms with Crippen LogP contribution in [0.4, 0.5) is 0 Å². The number of benzene rings is 1. The molecule has 1 nitrogen and oxygen atoms in total. The molecule has 0 radical (unpaired) electrons. The van der Waals surface area contributed by atoms with Crippen LogP contribution in [0.3, 0.4) is 0 Å². The van der Waals surface area contributed by atoms with Crippen molar-refractivity contribution < 1.29 is 5.11 Å². The molecule has 0 amide bonds. The normalized spacial score (nSPS) is 28.1. The Morgan fingerprint density at radius 3 is 2.59 bits per heavy atom. The third-order valence-electron chi connectivity index (χ3n) is 4.27. The van der Waals surface area contributed by atoms with E-state index in [0.29, 0.717) is 5.92 Å². The topological polar surface area (TPSA) is 20.2 Å². The highest BCUT2D eigenvalue weighted by Gasteiger charge is 2.40. The van der Waals surface area contributed by atoms with E-state index < -0.39 is 0 Å². The van der Waals surface area contributed by atoms with Gasteiger partial charge in [-0.3, -0.25) is 0 Å². The largest absolute Gasteiger partial charge is 0.393 e. The number of aliphatic hydroxyl groups excluding tert-OH is 1. The minimum Gasteiger partial charge on any atom is -0.393 e. The summed E-state index contributed by atoms with van der Waals surface area (Å²) in [6, 6.07) is 10.5. The van der Waals surface area contributed by atoms with Crippen molar-refractivity contribution in [2.24, 2.45) is 11.3 Å². The Kier molecular flexibility index (Phi) is 3.39. The van der Waals surface area contributed by atoms with Crippen LogP contribution < -0.4 is 0 Å². The van der Waals surface area contributed by atoms with Gasteiger partial charge in [-0.05, 0) is 36.2 Å². The van der Waals surface area contributed by atoms with Crippen LogP contribution in [-0.2, 0) is 6.42 Å². The minimum atomic E-state index is -0.207. The molecule has 0 saturated heterocycles. The number of hydrogen-bond donors (Lipinski definition) is 1. The highest BCUT2D eigenvalue weighted by molar-refractivity contribution is 5.21. The number of hydrogen-bond acceptors (Lipinski definition) is 1. The molecule has 0 unspecified atom stereocenters. The summed E-state index contributed by atoms with van der Waals surface area (Å²) in [7, 11) is 0. The van der Waals surface area contributed by atoms with Gasteiger partial charge in [-0.2, -0.15) is 0 Å². The van der Waals surface area contributed by atoms with Crippen LogP contribution in [0.5, 0.6) is 0 Å². The van der Waals surface area contributed by atoms with Crippen molar-refractivity contribution in [3.8, 4) is 0 Å². The molecule has 0 aliphatic heterocycles. The molecule has 17 heavy (non-hydrogen) atoms. The zero-order chi connectivity index (χ0) is 12.5. The molecule has 0 heterocycles. The second-order valence-corrected chi connectivity index (χ2v) is 5.78. The van der Waals surface area contributed by atoms with Crippen molar-refractivity contribution in [2.75, 3.05) is 0 Å². The standard InChI is InChI=1S/C16H22O/c1-12-9-10-15(17)16(2,3)14(12)11-13-7-5-4-6-8-13/h4-8,14-15,17H,1,9-11H2,2-3H3/t14-,15+/m0/s1. The maximum atomic E-state index is 10.2. The van der Waals surface area contributed by atoms with Crippen molar-refractivity contribution in [1.29, 1.82) is 0 Å². The lowest BCUT2D eigenvalue weighted by molar-refractivity contribution is -0.00632. The monoisotopic (exact) mass is 230 g/mol. The Labute approximate surface area is 104 Å². The second-order valence-electron chi connectivity index (χ2n) is 5.78. The molecule has 1 saturated carbocycles. The van der Waals surface area contributed by atoms with Crippen molar-refractivity contribution in [1.82, 2.24) is 0 Å². The van der Waals surface area contributed by atoms with E-state index in [4.69, 9.17) is 0 Å². The Hall–Kier alpha value is -1.08. The van der Waals surface area contributed by atoms with Crippen molar-refractivity contribution in [2.45, 2.75) is 39.2 Å². The first-order chi connectivity index (χ1) is 8.01. The van der Waals surface area contributed by atoms with Gasteiger partial charge in [-0.15, -0.1) is 0 Å².